The third-order valence-electron chi connectivity index (χ3n) is 5.76. The van der Waals surface area contributed by atoms with E-state index in [2.05, 4.69) is 68.5 Å². The van der Waals surface area contributed by atoms with Crippen molar-refractivity contribution < 1.29 is 5.11 Å². The summed E-state index contributed by atoms with van der Waals surface area (Å²) in [6.07, 6.45) is 3.61. The molecule has 2 heterocycles. The smallest absolute Gasteiger partial charge is 0.124 e. The Morgan fingerprint density at radius 3 is 2.31 bits per heavy atom. The number of aliphatic hydroxyl groups is 1. The normalized spacial score (nSPS) is 19.0. The van der Waals surface area contributed by atoms with Gasteiger partial charge in [-0.3, -0.25) is 4.98 Å². The Morgan fingerprint density at radius 2 is 1.81 bits per heavy atom. The molecular weight excluding hydrogens is 320 g/mol. The molecule has 26 heavy (non-hydrogen) atoms. The summed E-state index contributed by atoms with van der Waals surface area (Å²) in [6.45, 7) is 14.2. The molecule has 138 valence electrons. The third-order valence-corrected chi connectivity index (χ3v) is 5.76. The first-order valence-electron chi connectivity index (χ1n) is 9.30. The van der Waals surface area contributed by atoms with Crippen molar-refractivity contribution in [3.05, 3.63) is 71.6 Å². The van der Waals surface area contributed by atoms with E-state index in [0.29, 0.717) is 5.92 Å². The highest BCUT2D eigenvalue weighted by atomic mass is 16.3. The molecule has 1 aromatic carbocycles. The van der Waals surface area contributed by atoms with E-state index in [9.17, 15) is 5.11 Å². The summed E-state index contributed by atoms with van der Waals surface area (Å²) < 4.78 is 0. The lowest BCUT2D eigenvalue weighted by Crippen LogP contribution is -2.63. The third kappa shape index (κ3) is 3.00. The fourth-order valence-corrected chi connectivity index (χ4v) is 4.22. The molecule has 3 rings (SSSR count). The molecule has 1 saturated heterocycles. The first kappa shape index (κ1) is 18.8. The van der Waals surface area contributed by atoms with Crippen molar-refractivity contribution in [1.29, 1.82) is 0 Å². The number of nitrogens with zero attached hydrogens (tertiary/aromatic N) is 2. The lowest BCUT2D eigenvalue weighted by molar-refractivity contribution is -0.127. The summed E-state index contributed by atoms with van der Waals surface area (Å²) in [7, 11) is 2.09. The minimum Gasteiger partial charge on any atom is -0.380 e. The number of allylic oxidation sites excluding steroid dienone is 1. The van der Waals surface area contributed by atoms with Gasteiger partial charge in [0, 0.05) is 36.5 Å². The molecule has 0 radical (unpaired) electrons. The van der Waals surface area contributed by atoms with Crippen molar-refractivity contribution in [2.45, 2.75) is 39.2 Å². The highest BCUT2D eigenvalue weighted by Gasteiger charge is 2.55. The quantitative estimate of drug-likeness (QED) is 0.867. The molecule has 1 atom stereocenters. The predicted octanol–water partition coefficient (Wildman–Crippen LogP) is 4.43. The van der Waals surface area contributed by atoms with E-state index >= 15 is 0 Å². The average molecular weight is 351 g/mol. The molecule has 1 unspecified atom stereocenters. The molecule has 2 aromatic rings. The van der Waals surface area contributed by atoms with E-state index < -0.39 is 5.60 Å². The van der Waals surface area contributed by atoms with Gasteiger partial charge in [0.2, 0.25) is 0 Å². The second kappa shape index (κ2) is 6.64. The van der Waals surface area contributed by atoms with Crippen molar-refractivity contribution in [2.75, 3.05) is 20.1 Å². The van der Waals surface area contributed by atoms with Crippen LogP contribution in [0.5, 0.6) is 0 Å². The minimum absolute atomic E-state index is 0.267. The van der Waals surface area contributed by atoms with Gasteiger partial charge in [0.1, 0.15) is 5.60 Å². The zero-order valence-corrected chi connectivity index (χ0v) is 16.6. The Bertz CT molecular complexity index is 803. The highest BCUT2D eigenvalue weighted by Crippen LogP contribution is 2.50. The molecule has 3 nitrogen and oxygen atoms in total. The summed E-state index contributed by atoms with van der Waals surface area (Å²) >= 11 is 0. The van der Waals surface area contributed by atoms with Gasteiger partial charge in [-0.15, -0.1) is 0 Å². The van der Waals surface area contributed by atoms with Crippen LogP contribution in [-0.2, 0) is 5.60 Å². The predicted molar refractivity (Wildman–Crippen MR) is 108 cm³/mol. The molecule has 1 N–H and O–H groups in total. The van der Waals surface area contributed by atoms with Crippen LogP contribution >= 0.6 is 0 Å². The van der Waals surface area contributed by atoms with Crippen LogP contribution in [-0.4, -0.2) is 35.1 Å². The number of aromatic nitrogens is 1. The van der Waals surface area contributed by atoms with Crippen LogP contribution in [0.1, 0.15) is 55.9 Å². The fraction of sp³-hybridized carbons (Fsp3) is 0.435. The molecule has 0 aliphatic carbocycles. The Kier molecular flexibility index (Phi) is 4.80. The lowest BCUT2D eigenvalue weighted by atomic mass is 9.62. The highest BCUT2D eigenvalue weighted by molar-refractivity contribution is 5.61. The maximum absolute atomic E-state index is 12.1. The van der Waals surface area contributed by atoms with Crippen LogP contribution in [0.2, 0.25) is 0 Å². The van der Waals surface area contributed by atoms with Crippen LogP contribution in [0, 0.1) is 5.41 Å². The van der Waals surface area contributed by atoms with Crippen molar-refractivity contribution >= 4 is 5.57 Å². The van der Waals surface area contributed by atoms with Gasteiger partial charge in [0.25, 0.3) is 0 Å². The Morgan fingerprint density at radius 1 is 1.19 bits per heavy atom. The van der Waals surface area contributed by atoms with Gasteiger partial charge in [0.05, 0.1) is 0 Å². The van der Waals surface area contributed by atoms with Crippen molar-refractivity contribution in [2.24, 2.45) is 5.41 Å². The van der Waals surface area contributed by atoms with Gasteiger partial charge in [-0.05, 0) is 48.2 Å². The van der Waals surface area contributed by atoms with E-state index in [-0.39, 0.29) is 5.41 Å². The number of likely N-dealkylation sites (tertiary alicyclic amines) is 1. The molecule has 1 aromatic heterocycles. The first-order valence-corrected chi connectivity index (χ1v) is 9.30. The number of benzene rings is 1. The van der Waals surface area contributed by atoms with E-state index in [0.717, 1.165) is 35.4 Å². The summed E-state index contributed by atoms with van der Waals surface area (Å²) in [6, 6.07) is 10.5. The van der Waals surface area contributed by atoms with Crippen molar-refractivity contribution in [3.8, 4) is 0 Å². The number of pyridine rings is 1. The molecular formula is C23H30N2O. The molecule has 0 spiro atoms. The number of rotatable bonds is 5. The second-order valence-electron chi connectivity index (χ2n) is 8.46. The van der Waals surface area contributed by atoms with Crippen molar-refractivity contribution in [1.82, 2.24) is 9.88 Å². The summed E-state index contributed by atoms with van der Waals surface area (Å²) in [4.78, 5) is 6.64. The maximum Gasteiger partial charge on any atom is 0.124 e. The molecule has 0 saturated carbocycles. The summed E-state index contributed by atoms with van der Waals surface area (Å²) in [5, 5.41) is 12.1. The maximum atomic E-state index is 12.1. The monoisotopic (exact) mass is 350 g/mol. The number of hydrogen-bond acceptors (Lipinski definition) is 3. The average Bonchev–Trinajstić information content (AvgIpc) is 2.59. The number of hydrogen-bond donors (Lipinski definition) is 1. The molecule has 0 bridgehead atoms. The zero-order chi connectivity index (χ0) is 19.1. The van der Waals surface area contributed by atoms with Crippen LogP contribution in [0.3, 0.4) is 0 Å². The zero-order valence-electron chi connectivity index (χ0n) is 16.6. The largest absolute Gasteiger partial charge is 0.380 e. The summed E-state index contributed by atoms with van der Waals surface area (Å²) in [5.74, 6) is 0.468. The van der Waals surface area contributed by atoms with Crippen LogP contribution < -0.4 is 0 Å². The summed E-state index contributed by atoms with van der Waals surface area (Å²) in [5.41, 5.74) is 3.61. The molecule has 0 amide bonds. The molecule has 1 aliphatic rings. The topological polar surface area (TPSA) is 36.4 Å². The van der Waals surface area contributed by atoms with Crippen LogP contribution in [0.4, 0.5) is 0 Å². The molecule has 1 aliphatic heterocycles. The fourth-order valence-electron chi connectivity index (χ4n) is 4.22. The van der Waals surface area contributed by atoms with Gasteiger partial charge in [-0.1, -0.05) is 51.6 Å². The Hall–Kier alpha value is -1.97. The van der Waals surface area contributed by atoms with Gasteiger partial charge in [0.15, 0.2) is 0 Å². The first-order chi connectivity index (χ1) is 12.2. The SMILES string of the molecule is C=C(C)c1cncc(C(O)(c2ccc(C(C)C)cc2)C2(C)CN(C)C2)c1. The van der Waals surface area contributed by atoms with Crippen LogP contribution in [0.15, 0.2) is 49.3 Å². The van der Waals surface area contributed by atoms with Crippen LogP contribution in [0.25, 0.3) is 5.57 Å². The van der Waals surface area contributed by atoms with E-state index in [1.54, 1.807) is 6.20 Å². The van der Waals surface area contributed by atoms with E-state index in [1.165, 1.54) is 5.56 Å². The van der Waals surface area contributed by atoms with Gasteiger partial charge in [-0.2, -0.15) is 0 Å². The van der Waals surface area contributed by atoms with Gasteiger partial charge >= 0.3 is 0 Å². The lowest BCUT2D eigenvalue weighted by Gasteiger charge is -2.56. The standard InChI is InChI=1S/C23H30N2O/c1-16(2)18-7-9-20(10-8-18)23(26,22(5)14-25(6)15-22)21-11-19(17(3)4)12-24-13-21/h7-13,16,26H,3,14-15H2,1-2,4-6H3. The van der Waals surface area contributed by atoms with Crippen molar-refractivity contribution in [3.63, 3.8) is 0 Å². The second-order valence-corrected chi connectivity index (χ2v) is 8.46. The van der Waals surface area contributed by atoms with E-state index in [4.69, 9.17) is 0 Å². The molecule has 1 fully saturated rings. The minimum atomic E-state index is -1.09. The van der Waals surface area contributed by atoms with Gasteiger partial charge < -0.3 is 10.0 Å². The Labute approximate surface area is 157 Å². The molecule has 3 heteroatoms. The van der Waals surface area contributed by atoms with Gasteiger partial charge in [-0.25, -0.2) is 0 Å². The van der Waals surface area contributed by atoms with E-state index in [1.807, 2.05) is 19.2 Å². The Balaban J connectivity index is 2.14.